The fraction of sp³-hybridized carbons (Fsp3) is 0.353. The van der Waals surface area contributed by atoms with Gasteiger partial charge in [-0.2, -0.15) is 0 Å². The van der Waals surface area contributed by atoms with Crippen LogP contribution in [-0.4, -0.2) is 43.1 Å². The number of hydrogen-bond acceptors (Lipinski definition) is 3. The average molecular weight is 569 g/mol. The lowest BCUT2D eigenvalue weighted by atomic mass is 9.97. The van der Waals surface area contributed by atoms with E-state index in [-0.39, 0.29) is 12.5 Å². The van der Waals surface area contributed by atoms with E-state index in [0.717, 1.165) is 86.8 Å². The summed E-state index contributed by atoms with van der Waals surface area (Å²) in [5.74, 6) is -1.86. The summed E-state index contributed by atoms with van der Waals surface area (Å²) in [6.07, 6.45) is 12.0. The lowest BCUT2D eigenvalue weighted by Gasteiger charge is -2.14. The highest BCUT2D eigenvalue weighted by Gasteiger charge is 2.27. The van der Waals surface area contributed by atoms with Crippen LogP contribution in [0.15, 0.2) is 22.9 Å². The number of nitrogens with one attached hydrogen (secondary N) is 4. The van der Waals surface area contributed by atoms with Gasteiger partial charge in [-0.3, -0.25) is 4.79 Å². The van der Waals surface area contributed by atoms with Crippen LogP contribution in [0.2, 0.25) is 0 Å². The molecule has 0 saturated carbocycles. The molecule has 220 valence electrons. The molecule has 3 aromatic heterocycles. The van der Waals surface area contributed by atoms with E-state index < -0.39 is 11.9 Å². The van der Waals surface area contributed by atoms with Crippen molar-refractivity contribution in [3.8, 4) is 0 Å². The van der Waals surface area contributed by atoms with Crippen molar-refractivity contribution in [1.82, 2.24) is 20.3 Å². The number of aromatic amines is 3. The number of carboxylic acid groups (broad SMARTS) is 2. The van der Waals surface area contributed by atoms with Gasteiger partial charge in [0.2, 0.25) is 0 Å². The Kier molecular flexibility index (Phi) is 7.91. The average Bonchev–Trinajstić information content (AvgIpc) is 3.59. The van der Waals surface area contributed by atoms with Gasteiger partial charge in [-0.25, -0.2) is 4.79 Å². The molecule has 0 aliphatic carbocycles. The van der Waals surface area contributed by atoms with Gasteiger partial charge in [-0.05, 0) is 110 Å². The van der Waals surface area contributed by atoms with Crippen LogP contribution < -0.4 is 16.0 Å². The van der Waals surface area contributed by atoms with Crippen molar-refractivity contribution in [3.05, 3.63) is 89.8 Å². The first-order valence-corrected chi connectivity index (χ1v) is 14.7. The SMILES string of the molecule is CCC1=C(C)[C@@H]2Cc3[nH]c(c(CCC(=O)O)c3C)/C=c3\[nH]/c(c(C)c3/C=C/C(=O)O)=C\c3[nH]c(c(C)c3CC)/C=C/1N2. The summed E-state index contributed by atoms with van der Waals surface area (Å²) in [4.78, 5) is 33.9. The summed E-state index contributed by atoms with van der Waals surface area (Å²) in [5.41, 5.74) is 14.0. The van der Waals surface area contributed by atoms with Crippen molar-refractivity contribution in [3.63, 3.8) is 0 Å². The van der Waals surface area contributed by atoms with Gasteiger partial charge in [0, 0.05) is 63.7 Å². The molecule has 5 heterocycles. The van der Waals surface area contributed by atoms with Gasteiger partial charge in [0.1, 0.15) is 0 Å². The fourth-order valence-corrected chi connectivity index (χ4v) is 6.53. The molecule has 8 bridgehead atoms. The van der Waals surface area contributed by atoms with Crippen molar-refractivity contribution in [1.29, 1.82) is 0 Å². The van der Waals surface area contributed by atoms with E-state index >= 15 is 0 Å². The van der Waals surface area contributed by atoms with Crippen LogP contribution in [0.1, 0.15) is 89.8 Å². The highest BCUT2D eigenvalue weighted by molar-refractivity contribution is 5.86. The number of carbonyl (C=O) groups is 2. The number of fused-ring (bicyclic) bond motifs is 8. The largest absolute Gasteiger partial charge is 0.481 e. The first kappa shape index (κ1) is 29.0. The van der Waals surface area contributed by atoms with Gasteiger partial charge < -0.3 is 30.5 Å². The molecule has 42 heavy (non-hydrogen) atoms. The summed E-state index contributed by atoms with van der Waals surface area (Å²) in [6.45, 7) is 12.7. The third kappa shape index (κ3) is 5.29. The Morgan fingerprint density at radius 3 is 2.24 bits per heavy atom. The van der Waals surface area contributed by atoms with Gasteiger partial charge in [-0.15, -0.1) is 0 Å². The quantitative estimate of drug-likeness (QED) is 0.233. The van der Waals surface area contributed by atoms with Gasteiger partial charge in [0.25, 0.3) is 0 Å². The molecule has 0 unspecified atom stereocenters. The number of aromatic nitrogens is 3. The Labute approximate surface area is 245 Å². The third-order valence-corrected chi connectivity index (χ3v) is 8.95. The van der Waals surface area contributed by atoms with Crippen LogP contribution in [0.3, 0.4) is 0 Å². The topological polar surface area (TPSA) is 134 Å². The standard InChI is InChI=1S/C34H40N4O4/c1-7-21-17(3)25-13-26-19(5)23(9-11-33(39)40)31(37-26)16-32-24(10-12-34(41)42)20(6)28(38-32)15-30-22(8-2)18(4)27(36-30)14-29(21)35-25/h10,12,14-16,25,35-38H,7-9,11,13H2,1-6H3,(H,39,40)(H,41,42)/b12-10+,28-15-,29-14-,32-16-/t25-/m0/s1. The third-order valence-electron chi connectivity index (χ3n) is 8.95. The minimum absolute atomic E-state index is 0.0229. The van der Waals surface area contributed by atoms with Crippen LogP contribution in [0.5, 0.6) is 0 Å². The summed E-state index contributed by atoms with van der Waals surface area (Å²) < 4.78 is 0. The predicted molar refractivity (Wildman–Crippen MR) is 167 cm³/mol. The Hall–Kier alpha value is -4.46. The molecular weight excluding hydrogens is 528 g/mol. The zero-order valence-electron chi connectivity index (χ0n) is 25.2. The molecule has 0 amide bonds. The van der Waals surface area contributed by atoms with Gasteiger partial charge in [0.05, 0.1) is 6.04 Å². The first-order valence-electron chi connectivity index (χ1n) is 14.7. The van der Waals surface area contributed by atoms with Crippen LogP contribution in [0, 0.1) is 20.8 Å². The van der Waals surface area contributed by atoms with E-state index in [1.54, 1.807) is 6.08 Å². The number of H-pyrrole nitrogens is 3. The molecule has 0 fully saturated rings. The Bertz CT molecular complexity index is 1810. The molecule has 1 atom stereocenters. The van der Waals surface area contributed by atoms with E-state index in [9.17, 15) is 19.8 Å². The van der Waals surface area contributed by atoms with Crippen LogP contribution in [0.25, 0.3) is 24.3 Å². The maximum Gasteiger partial charge on any atom is 0.328 e. The zero-order chi connectivity index (χ0) is 30.3. The Morgan fingerprint density at radius 1 is 0.857 bits per heavy atom. The van der Waals surface area contributed by atoms with Crippen molar-refractivity contribution in [2.45, 2.75) is 79.7 Å². The molecule has 6 N–H and O–H groups in total. The number of hydrogen-bond donors (Lipinski definition) is 6. The lowest BCUT2D eigenvalue weighted by molar-refractivity contribution is -0.137. The predicted octanol–water partition coefficient (Wildman–Crippen LogP) is 4.53. The number of rotatable bonds is 7. The maximum absolute atomic E-state index is 11.6. The van der Waals surface area contributed by atoms with Gasteiger partial charge in [-0.1, -0.05) is 13.8 Å². The second-order valence-electron chi connectivity index (χ2n) is 11.3. The second-order valence-corrected chi connectivity index (χ2v) is 11.3. The molecule has 5 rings (SSSR count). The normalized spacial score (nSPS) is 19.2. The van der Waals surface area contributed by atoms with Crippen LogP contribution in [0.4, 0.5) is 0 Å². The van der Waals surface area contributed by atoms with E-state index in [1.165, 1.54) is 22.3 Å². The maximum atomic E-state index is 11.6. The molecule has 2 aliphatic rings. The minimum atomic E-state index is -1.02. The van der Waals surface area contributed by atoms with E-state index in [2.05, 4.69) is 67.0 Å². The Morgan fingerprint density at radius 2 is 1.57 bits per heavy atom. The molecular formula is C34H40N4O4. The molecule has 2 aliphatic heterocycles. The van der Waals surface area contributed by atoms with Crippen molar-refractivity contribution in [2.75, 3.05) is 0 Å². The molecule has 0 radical (unpaired) electrons. The molecule has 0 spiro atoms. The number of allylic oxidation sites excluding steroid dienone is 1. The van der Waals surface area contributed by atoms with Gasteiger partial charge >= 0.3 is 11.9 Å². The minimum Gasteiger partial charge on any atom is -0.481 e. The lowest BCUT2D eigenvalue weighted by Crippen LogP contribution is -2.26. The molecule has 8 nitrogen and oxygen atoms in total. The zero-order valence-corrected chi connectivity index (χ0v) is 25.2. The monoisotopic (exact) mass is 568 g/mol. The molecule has 0 saturated heterocycles. The van der Waals surface area contributed by atoms with Gasteiger partial charge in [0.15, 0.2) is 0 Å². The van der Waals surface area contributed by atoms with E-state index in [4.69, 9.17) is 0 Å². The van der Waals surface area contributed by atoms with E-state index in [0.29, 0.717) is 6.42 Å². The number of aliphatic carboxylic acids is 2. The summed E-state index contributed by atoms with van der Waals surface area (Å²) in [7, 11) is 0. The summed E-state index contributed by atoms with van der Waals surface area (Å²) in [5, 5.41) is 24.3. The summed E-state index contributed by atoms with van der Waals surface area (Å²) >= 11 is 0. The van der Waals surface area contributed by atoms with Crippen molar-refractivity contribution in [2.24, 2.45) is 0 Å². The van der Waals surface area contributed by atoms with Crippen molar-refractivity contribution >= 4 is 36.2 Å². The fourth-order valence-electron chi connectivity index (χ4n) is 6.53. The first-order chi connectivity index (χ1) is 20.0. The van der Waals surface area contributed by atoms with Crippen molar-refractivity contribution < 1.29 is 19.8 Å². The second kappa shape index (κ2) is 11.4. The molecule has 0 aromatic carbocycles. The smallest absolute Gasteiger partial charge is 0.328 e. The highest BCUT2D eigenvalue weighted by Crippen LogP contribution is 2.33. The molecule has 8 heteroatoms. The number of carboxylic acids is 2. The van der Waals surface area contributed by atoms with E-state index in [1.807, 2.05) is 13.0 Å². The molecule has 3 aromatic rings. The van der Waals surface area contributed by atoms with Crippen LogP contribution in [-0.2, 0) is 28.9 Å². The highest BCUT2D eigenvalue weighted by atomic mass is 16.4. The van der Waals surface area contributed by atoms with Crippen LogP contribution >= 0.6 is 0 Å². The summed E-state index contributed by atoms with van der Waals surface area (Å²) in [6, 6.07) is 0.108. The Balaban J connectivity index is 1.84.